The maximum Gasteiger partial charge on any atom is 0.234 e. The number of fused-ring (bicyclic) bond motifs is 1. The van der Waals surface area contributed by atoms with Crippen molar-refractivity contribution in [2.75, 3.05) is 19.6 Å². The van der Waals surface area contributed by atoms with E-state index in [1.165, 1.54) is 30.4 Å². The molecule has 1 aromatic rings. The topological polar surface area (TPSA) is 32.3 Å². The number of rotatable bonds is 3. The lowest BCUT2D eigenvalue weighted by Gasteiger charge is -2.31. The highest BCUT2D eigenvalue weighted by atomic mass is 16.2. The number of hydrogen-bond acceptors (Lipinski definition) is 2. The second-order valence-corrected chi connectivity index (χ2v) is 6.69. The van der Waals surface area contributed by atoms with Crippen molar-refractivity contribution >= 4 is 5.91 Å². The van der Waals surface area contributed by atoms with Crippen molar-refractivity contribution < 1.29 is 4.79 Å². The van der Waals surface area contributed by atoms with E-state index in [2.05, 4.69) is 41.4 Å². The summed E-state index contributed by atoms with van der Waals surface area (Å²) >= 11 is 0. The molecule has 1 saturated heterocycles. The monoisotopic (exact) mass is 286 g/mol. The molecule has 3 rings (SSSR count). The van der Waals surface area contributed by atoms with Crippen molar-refractivity contribution in [3.05, 3.63) is 35.4 Å². The van der Waals surface area contributed by atoms with Crippen molar-refractivity contribution in [2.45, 2.75) is 45.1 Å². The molecule has 21 heavy (non-hydrogen) atoms. The first-order chi connectivity index (χ1) is 10.2. The van der Waals surface area contributed by atoms with Crippen LogP contribution in [0, 0.1) is 5.92 Å². The Hall–Kier alpha value is -1.35. The van der Waals surface area contributed by atoms with Gasteiger partial charge >= 0.3 is 0 Å². The van der Waals surface area contributed by atoms with Gasteiger partial charge in [0.15, 0.2) is 0 Å². The molecule has 1 aromatic carbocycles. The van der Waals surface area contributed by atoms with E-state index in [9.17, 15) is 4.79 Å². The van der Waals surface area contributed by atoms with Gasteiger partial charge in [0.2, 0.25) is 5.91 Å². The average molecular weight is 286 g/mol. The van der Waals surface area contributed by atoms with E-state index < -0.39 is 0 Å². The molecule has 0 aromatic heterocycles. The molecule has 2 atom stereocenters. The van der Waals surface area contributed by atoms with Crippen LogP contribution in [0.5, 0.6) is 0 Å². The summed E-state index contributed by atoms with van der Waals surface area (Å²) in [4.78, 5) is 14.6. The Bertz CT molecular complexity index is 500. The molecule has 0 spiro atoms. The molecule has 1 aliphatic carbocycles. The van der Waals surface area contributed by atoms with Gasteiger partial charge < -0.3 is 5.32 Å². The van der Waals surface area contributed by atoms with E-state index in [1.54, 1.807) is 0 Å². The Kier molecular flexibility index (Phi) is 4.59. The van der Waals surface area contributed by atoms with E-state index in [1.807, 2.05) is 0 Å². The number of amides is 1. The molecule has 1 N–H and O–H groups in total. The van der Waals surface area contributed by atoms with E-state index >= 15 is 0 Å². The molecule has 0 radical (unpaired) electrons. The average Bonchev–Trinajstić information content (AvgIpc) is 2.47. The molecule has 0 saturated carbocycles. The largest absolute Gasteiger partial charge is 0.348 e. The van der Waals surface area contributed by atoms with E-state index in [4.69, 9.17) is 0 Å². The molecule has 0 bridgehead atoms. The predicted molar refractivity (Wildman–Crippen MR) is 85.1 cm³/mol. The Morgan fingerprint density at radius 3 is 3.00 bits per heavy atom. The fourth-order valence-electron chi connectivity index (χ4n) is 3.78. The number of nitrogens with one attached hydrogen (secondary N) is 1. The van der Waals surface area contributed by atoms with Gasteiger partial charge in [-0.05, 0) is 55.7 Å². The van der Waals surface area contributed by atoms with Crippen molar-refractivity contribution in [1.29, 1.82) is 0 Å². The minimum absolute atomic E-state index is 0.186. The normalized spacial score (nSPS) is 26.1. The fraction of sp³-hybridized carbons (Fsp3) is 0.611. The number of aryl methyl sites for hydroxylation is 1. The summed E-state index contributed by atoms with van der Waals surface area (Å²) in [7, 11) is 0. The lowest BCUT2D eigenvalue weighted by Crippen LogP contribution is -2.43. The third kappa shape index (κ3) is 3.65. The van der Waals surface area contributed by atoms with E-state index in [0.717, 1.165) is 31.8 Å². The summed E-state index contributed by atoms with van der Waals surface area (Å²) < 4.78 is 0. The van der Waals surface area contributed by atoms with Crippen LogP contribution in [0.2, 0.25) is 0 Å². The minimum atomic E-state index is 0.186. The van der Waals surface area contributed by atoms with Crippen LogP contribution in [0.3, 0.4) is 0 Å². The number of hydrogen-bond donors (Lipinski definition) is 1. The fourth-order valence-corrected chi connectivity index (χ4v) is 3.78. The van der Waals surface area contributed by atoms with Gasteiger partial charge in [-0.25, -0.2) is 0 Å². The predicted octanol–water partition coefficient (Wildman–Crippen LogP) is 2.91. The lowest BCUT2D eigenvalue weighted by molar-refractivity contribution is -0.123. The zero-order valence-electron chi connectivity index (χ0n) is 13.0. The summed E-state index contributed by atoms with van der Waals surface area (Å²) in [5.74, 6) is 0.910. The zero-order chi connectivity index (χ0) is 14.7. The molecule has 1 amide bonds. The number of carbonyl (C=O) groups excluding carboxylic acids is 1. The third-order valence-corrected chi connectivity index (χ3v) is 4.81. The number of benzene rings is 1. The molecule has 3 nitrogen and oxygen atoms in total. The zero-order valence-corrected chi connectivity index (χ0v) is 13.0. The van der Waals surface area contributed by atoms with Crippen LogP contribution in [0.1, 0.15) is 49.8 Å². The summed E-state index contributed by atoms with van der Waals surface area (Å²) in [6.07, 6.45) is 5.91. The molecule has 1 aliphatic heterocycles. The van der Waals surface area contributed by atoms with Crippen LogP contribution in [0.4, 0.5) is 0 Å². The maximum atomic E-state index is 12.3. The Balaban J connectivity index is 1.58. The molecule has 2 aliphatic rings. The highest BCUT2D eigenvalue weighted by molar-refractivity contribution is 5.78. The van der Waals surface area contributed by atoms with Gasteiger partial charge in [0.05, 0.1) is 12.6 Å². The van der Waals surface area contributed by atoms with E-state index in [-0.39, 0.29) is 11.9 Å². The van der Waals surface area contributed by atoms with Gasteiger partial charge in [-0.2, -0.15) is 0 Å². The maximum absolute atomic E-state index is 12.3. The van der Waals surface area contributed by atoms with Crippen LogP contribution in [0.25, 0.3) is 0 Å². The van der Waals surface area contributed by atoms with Crippen LogP contribution >= 0.6 is 0 Å². The summed E-state index contributed by atoms with van der Waals surface area (Å²) in [6, 6.07) is 8.75. The highest BCUT2D eigenvalue weighted by Gasteiger charge is 2.23. The lowest BCUT2D eigenvalue weighted by atomic mass is 9.88. The van der Waals surface area contributed by atoms with Gasteiger partial charge in [-0.3, -0.25) is 9.69 Å². The number of nitrogens with zero attached hydrogens (tertiary/aromatic N) is 1. The van der Waals surface area contributed by atoms with Gasteiger partial charge in [0, 0.05) is 6.54 Å². The summed E-state index contributed by atoms with van der Waals surface area (Å²) in [5, 5.41) is 3.26. The molecule has 114 valence electrons. The second-order valence-electron chi connectivity index (χ2n) is 6.69. The Labute approximate surface area is 127 Å². The van der Waals surface area contributed by atoms with Crippen molar-refractivity contribution in [3.8, 4) is 0 Å². The minimum Gasteiger partial charge on any atom is -0.348 e. The summed E-state index contributed by atoms with van der Waals surface area (Å²) in [5.41, 5.74) is 2.73. The smallest absolute Gasteiger partial charge is 0.234 e. The van der Waals surface area contributed by atoms with Crippen LogP contribution in [-0.4, -0.2) is 30.4 Å². The quantitative estimate of drug-likeness (QED) is 0.926. The van der Waals surface area contributed by atoms with Gasteiger partial charge in [0.1, 0.15) is 0 Å². The highest BCUT2D eigenvalue weighted by Crippen LogP contribution is 2.29. The number of carbonyl (C=O) groups is 1. The van der Waals surface area contributed by atoms with Gasteiger partial charge in [0.25, 0.3) is 0 Å². The first-order valence-electron chi connectivity index (χ1n) is 8.32. The van der Waals surface area contributed by atoms with Crippen molar-refractivity contribution in [1.82, 2.24) is 10.2 Å². The van der Waals surface area contributed by atoms with Crippen molar-refractivity contribution in [2.24, 2.45) is 5.92 Å². The SMILES string of the molecule is C[C@H]1CCCN(CC(=O)N[C@H]2CCCc3ccccc32)C1. The summed E-state index contributed by atoms with van der Waals surface area (Å²) in [6.45, 7) is 4.97. The molecular formula is C18H26N2O. The van der Waals surface area contributed by atoms with E-state index in [0.29, 0.717) is 6.54 Å². The first-order valence-corrected chi connectivity index (χ1v) is 8.32. The number of likely N-dealkylation sites (tertiary alicyclic amines) is 1. The molecule has 1 fully saturated rings. The second kappa shape index (κ2) is 6.61. The Morgan fingerprint density at radius 1 is 1.29 bits per heavy atom. The van der Waals surface area contributed by atoms with Crippen LogP contribution in [0.15, 0.2) is 24.3 Å². The van der Waals surface area contributed by atoms with Crippen LogP contribution in [-0.2, 0) is 11.2 Å². The van der Waals surface area contributed by atoms with Crippen LogP contribution < -0.4 is 5.32 Å². The Morgan fingerprint density at radius 2 is 2.14 bits per heavy atom. The molecule has 1 heterocycles. The molecule has 3 heteroatoms. The van der Waals surface area contributed by atoms with Gasteiger partial charge in [-0.15, -0.1) is 0 Å². The van der Waals surface area contributed by atoms with Gasteiger partial charge in [-0.1, -0.05) is 31.2 Å². The standard InChI is InChI=1S/C18H26N2O/c1-14-6-5-11-20(12-14)13-18(21)19-17-10-4-8-15-7-2-3-9-16(15)17/h2-3,7,9,14,17H,4-6,8,10-13H2,1H3,(H,19,21)/t14-,17-/m0/s1. The number of piperidine rings is 1. The third-order valence-electron chi connectivity index (χ3n) is 4.81. The first kappa shape index (κ1) is 14.6. The molecule has 0 unspecified atom stereocenters. The molecular weight excluding hydrogens is 260 g/mol. The van der Waals surface area contributed by atoms with Crippen molar-refractivity contribution in [3.63, 3.8) is 0 Å².